The fraction of sp³-hybridized carbons (Fsp3) is 0.200. The minimum Gasteiger partial charge on any atom is -0.337 e. The van der Waals surface area contributed by atoms with E-state index in [1.165, 1.54) is 24.3 Å². The zero-order chi connectivity index (χ0) is 20.4. The van der Waals surface area contributed by atoms with E-state index in [0.717, 1.165) is 11.1 Å². The van der Waals surface area contributed by atoms with Crippen LogP contribution in [0.25, 0.3) is 0 Å². The van der Waals surface area contributed by atoms with Gasteiger partial charge in [0.2, 0.25) is 11.7 Å². The number of fused-ring (bicyclic) bond motifs is 1. The number of anilines is 1. The molecule has 1 aliphatic heterocycles. The van der Waals surface area contributed by atoms with E-state index < -0.39 is 23.7 Å². The van der Waals surface area contributed by atoms with Crippen molar-refractivity contribution in [1.29, 1.82) is 0 Å². The first kappa shape index (κ1) is 18.7. The van der Waals surface area contributed by atoms with E-state index in [2.05, 4.69) is 25.8 Å². The van der Waals surface area contributed by atoms with Gasteiger partial charge in [-0.3, -0.25) is 9.59 Å². The Bertz CT molecular complexity index is 1060. The molecular formula is C20H17F2N5O2. The largest absolute Gasteiger partial charge is 0.337 e. The predicted octanol–water partition coefficient (Wildman–Crippen LogP) is 2.36. The monoisotopic (exact) mass is 397 g/mol. The molecule has 2 amide bonds. The average molecular weight is 397 g/mol. The Balaban J connectivity index is 1.41. The van der Waals surface area contributed by atoms with Gasteiger partial charge in [-0.15, -0.1) is 10.2 Å². The number of aromatic nitrogens is 3. The highest BCUT2D eigenvalue weighted by atomic mass is 19.1. The summed E-state index contributed by atoms with van der Waals surface area (Å²) < 4.78 is 26.4. The second-order valence-electron chi connectivity index (χ2n) is 6.78. The Labute approximate surface area is 164 Å². The van der Waals surface area contributed by atoms with Crippen molar-refractivity contribution in [2.45, 2.75) is 25.3 Å². The molecular weight excluding hydrogens is 380 g/mol. The van der Waals surface area contributed by atoms with Crippen molar-refractivity contribution in [2.75, 3.05) is 5.32 Å². The van der Waals surface area contributed by atoms with Gasteiger partial charge in [0.15, 0.2) is 0 Å². The topological polar surface area (TPSA) is 99.8 Å². The van der Waals surface area contributed by atoms with Crippen molar-refractivity contribution in [1.82, 2.24) is 20.5 Å². The normalized spacial score (nSPS) is 15.9. The van der Waals surface area contributed by atoms with Gasteiger partial charge in [0.1, 0.15) is 23.5 Å². The van der Waals surface area contributed by atoms with Crippen molar-refractivity contribution in [3.63, 3.8) is 0 Å². The number of H-pyrrole nitrogens is 1. The van der Waals surface area contributed by atoms with Crippen LogP contribution in [-0.2, 0) is 17.6 Å². The lowest BCUT2D eigenvalue weighted by atomic mass is 10.1. The molecule has 7 nitrogen and oxygen atoms in total. The molecule has 0 saturated heterocycles. The van der Waals surface area contributed by atoms with Crippen LogP contribution >= 0.6 is 0 Å². The van der Waals surface area contributed by atoms with Crippen LogP contribution in [0.5, 0.6) is 0 Å². The molecule has 9 heteroatoms. The lowest BCUT2D eigenvalue weighted by molar-refractivity contribution is -0.118. The highest BCUT2D eigenvalue weighted by Gasteiger charge is 2.26. The van der Waals surface area contributed by atoms with Crippen LogP contribution in [0.2, 0.25) is 0 Å². The van der Waals surface area contributed by atoms with Gasteiger partial charge in [0, 0.05) is 12.1 Å². The number of nitrogens with zero attached hydrogens (tertiary/aromatic N) is 2. The molecule has 0 fully saturated rings. The number of amides is 2. The van der Waals surface area contributed by atoms with Crippen LogP contribution in [0.3, 0.4) is 0 Å². The maximum atomic E-state index is 13.4. The van der Waals surface area contributed by atoms with Crippen LogP contribution < -0.4 is 10.6 Å². The average Bonchev–Trinajstić information content (AvgIpc) is 3.10. The summed E-state index contributed by atoms with van der Waals surface area (Å²) in [5.41, 5.74) is 2.02. The van der Waals surface area contributed by atoms with Gasteiger partial charge in [-0.05, 0) is 48.2 Å². The van der Waals surface area contributed by atoms with E-state index in [1.807, 2.05) is 0 Å². The lowest BCUT2D eigenvalue weighted by Gasteiger charge is -2.14. The molecule has 0 unspecified atom stereocenters. The molecule has 0 radical (unpaired) electrons. The Morgan fingerprint density at radius 1 is 1.10 bits per heavy atom. The number of aryl methyl sites for hydroxylation is 1. The Hall–Kier alpha value is -3.62. The van der Waals surface area contributed by atoms with Crippen molar-refractivity contribution in [3.05, 3.63) is 76.9 Å². The fourth-order valence-electron chi connectivity index (χ4n) is 3.17. The van der Waals surface area contributed by atoms with Crippen molar-refractivity contribution in [2.24, 2.45) is 0 Å². The Kier molecular flexibility index (Phi) is 5.03. The minimum absolute atomic E-state index is 0.0253. The maximum Gasteiger partial charge on any atom is 0.289 e. The van der Waals surface area contributed by atoms with Crippen molar-refractivity contribution >= 4 is 17.5 Å². The van der Waals surface area contributed by atoms with Gasteiger partial charge >= 0.3 is 0 Å². The number of carbonyl (C=O) groups excluding carboxylic acids is 2. The van der Waals surface area contributed by atoms with Crippen LogP contribution in [-0.4, -0.2) is 33.0 Å². The van der Waals surface area contributed by atoms with E-state index in [0.29, 0.717) is 30.8 Å². The first-order valence-corrected chi connectivity index (χ1v) is 9.04. The summed E-state index contributed by atoms with van der Waals surface area (Å²) >= 11 is 0. The second-order valence-corrected chi connectivity index (χ2v) is 6.78. The van der Waals surface area contributed by atoms with Crippen LogP contribution in [0.15, 0.2) is 42.5 Å². The summed E-state index contributed by atoms with van der Waals surface area (Å²) in [6, 6.07) is 9.34. The maximum absolute atomic E-state index is 13.4. The van der Waals surface area contributed by atoms with Gasteiger partial charge in [0.05, 0.1) is 0 Å². The molecule has 0 bridgehead atoms. The summed E-state index contributed by atoms with van der Waals surface area (Å²) in [6.45, 7) is 0. The third-order valence-electron chi connectivity index (χ3n) is 4.69. The molecule has 1 atom stereocenters. The zero-order valence-electron chi connectivity index (χ0n) is 15.2. The molecule has 1 aromatic heterocycles. The highest BCUT2D eigenvalue weighted by molar-refractivity contribution is 6.00. The first-order valence-electron chi connectivity index (χ1n) is 9.04. The lowest BCUT2D eigenvalue weighted by Crippen LogP contribution is -2.43. The van der Waals surface area contributed by atoms with Gasteiger partial charge < -0.3 is 15.6 Å². The molecule has 1 aliphatic rings. The van der Waals surface area contributed by atoms with E-state index in [9.17, 15) is 18.4 Å². The molecule has 148 valence electrons. The standard InChI is InChI=1S/C20H17F2N5O2/c21-13-5-1-11(2-6-13)9-17-25-18(27-26-17)20(29)23-15-8-4-12-3-7-14(22)10-16(12)24-19(15)28/h1-3,5-7,10,15H,4,8-9H2,(H,23,29)(H,24,28)(H,25,26,27)/t15-/m0/s1. The van der Waals surface area contributed by atoms with Crippen LogP contribution in [0.1, 0.15) is 34.0 Å². The molecule has 29 heavy (non-hydrogen) atoms. The van der Waals surface area contributed by atoms with E-state index >= 15 is 0 Å². The number of hydrogen-bond donors (Lipinski definition) is 3. The highest BCUT2D eigenvalue weighted by Crippen LogP contribution is 2.23. The smallest absolute Gasteiger partial charge is 0.289 e. The third kappa shape index (κ3) is 4.29. The first-order chi connectivity index (χ1) is 14.0. The summed E-state index contributed by atoms with van der Waals surface area (Å²) in [6.07, 6.45) is 1.23. The number of carbonyl (C=O) groups is 2. The van der Waals surface area contributed by atoms with Crippen molar-refractivity contribution < 1.29 is 18.4 Å². The van der Waals surface area contributed by atoms with E-state index in [4.69, 9.17) is 0 Å². The summed E-state index contributed by atoms with van der Waals surface area (Å²) in [4.78, 5) is 27.7. The van der Waals surface area contributed by atoms with E-state index in [-0.39, 0.29) is 11.6 Å². The SMILES string of the molecule is O=C(N[C@H]1CCc2ccc(F)cc2NC1=O)c1nnc(Cc2ccc(F)cc2)[nH]1. The Morgan fingerprint density at radius 2 is 1.86 bits per heavy atom. The molecule has 0 aliphatic carbocycles. The number of nitrogens with one attached hydrogen (secondary N) is 3. The number of rotatable bonds is 4. The molecule has 3 N–H and O–H groups in total. The summed E-state index contributed by atoms with van der Waals surface area (Å²) in [5.74, 6) is -1.36. The number of halogens is 2. The molecule has 2 heterocycles. The molecule has 2 aromatic carbocycles. The molecule has 0 spiro atoms. The summed E-state index contributed by atoms with van der Waals surface area (Å²) in [5, 5.41) is 13.0. The Morgan fingerprint density at radius 3 is 2.66 bits per heavy atom. The van der Waals surface area contributed by atoms with Crippen LogP contribution in [0, 0.1) is 11.6 Å². The van der Waals surface area contributed by atoms with Gasteiger partial charge in [0.25, 0.3) is 5.91 Å². The molecule has 0 saturated carbocycles. The molecule has 3 aromatic rings. The fourth-order valence-corrected chi connectivity index (χ4v) is 3.17. The molecule has 4 rings (SSSR count). The predicted molar refractivity (Wildman–Crippen MR) is 100 cm³/mol. The van der Waals surface area contributed by atoms with Crippen LogP contribution in [0.4, 0.5) is 14.5 Å². The summed E-state index contributed by atoms with van der Waals surface area (Å²) in [7, 11) is 0. The zero-order valence-corrected chi connectivity index (χ0v) is 15.2. The minimum atomic E-state index is -0.788. The van der Waals surface area contributed by atoms with Gasteiger partial charge in [-0.2, -0.15) is 0 Å². The van der Waals surface area contributed by atoms with E-state index in [1.54, 1.807) is 18.2 Å². The van der Waals surface area contributed by atoms with Gasteiger partial charge in [-0.1, -0.05) is 18.2 Å². The quantitative estimate of drug-likeness (QED) is 0.629. The van der Waals surface area contributed by atoms with Gasteiger partial charge in [-0.25, -0.2) is 8.78 Å². The van der Waals surface area contributed by atoms with Crippen molar-refractivity contribution in [3.8, 4) is 0 Å². The number of benzene rings is 2. The number of hydrogen-bond acceptors (Lipinski definition) is 4. The number of aromatic amines is 1. The second kappa shape index (κ2) is 7.78. The third-order valence-corrected chi connectivity index (χ3v) is 4.69.